The van der Waals surface area contributed by atoms with Crippen LogP contribution in [0.1, 0.15) is 0 Å². The molecule has 8 heteroatoms. The number of nitrogens with one attached hydrogen (secondary N) is 1. The summed E-state index contributed by atoms with van der Waals surface area (Å²) >= 11 is 7.30. The number of nitrogens with zero attached hydrogens (tertiary/aromatic N) is 3. The molecule has 2 aromatic rings. The Labute approximate surface area is 136 Å². The van der Waals surface area contributed by atoms with E-state index < -0.39 is 5.82 Å². The fourth-order valence-electron chi connectivity index (χ4n) is 2.25. The number of thiazole rings is 1. The first kappa shape index (κ1) is 15.1. The van der Waals surface area contributed by atoms with Crippen molar-refractivity contribution in [3.8, 4) is 0 Å². The molecule has 1 aliphatic rings. The molecule has 0 unspecified atom stereocenters. The van der Waals surface area contributed by atoms with E-state index in [-0.39, 0.29) is 11.1 Å². The molecule has 1 aromatic carbocycles. The molecule has 1 saturated heterocycles. The molecule has 2 amide bonds. The third-order valence-electron chi connectivity index (χ3n) is 3.43. The Morgan fingerprint density at radius 1 is 1.32 bits per heavy atom. The Morgan fingerprint density at radius 3 is 2.73 bits per heavy atom. The number of carbonyl (C=O) groups is 1. The first-order valence-electron chi connectivity index (χ1n) is 6.79. The first-order valence-corrected chi connectivity index (χ1v) is 8.04. The Balaban J connectivity index is 1.56. The van der Waals surface area contributed by atoms with Gasteiger partial charge in [-0.2, -0.15) is 0 Å². The Hall–Kier alpha value is -1.86. The van der Waals surface area contributed by atoms with Crippen LogP contribution in [0, 0.1) is 5.82 Å². The second-order valence-corrected chi connectivity index (χ2v) is 6.13. The highest BCUT2D eigenvalue weighted by molar-refractivity contribution is 7.13. The number of hydrogen-bond donors (Lipinski definition) is 1. The Kier molecular flexibility index (Phi) is 4.44. The predicted molar refractivity (Wildman–Crippen MR) is 86.3 cm³/mol. The van der Waals surface area contributed by atoms with E-state index in [4.69, 9.17) is 11.6 Å². The van der Waals surface area contributed by atoms with Crippen molar-refractivity contribution < 1.29 is 9.18 Å². The second-order valence-electron chi connectivity index (χ2n) is 4.85. The summed E-state index contributed by atoms with van der Waals surface area (Å²) in [4.78, 5) is 20.4. The lowest BCUT2D eigenvalue weighted by molar-refractivity contribution is 0.208. The van der Waals surface area contributed by atoms with Crippen LogP contribution < -0.4 is 10.2 Å². The van der Waals surface area contributed by atoms with Crippen molar-refractivity contribution in [2.45, 2.75) is 0 Å². The summed E-state index contributed by atoms with van der Waals surface area (Å²) in [7, 11) is 0. The zero-order valence-electron chi connectivity index (χ0n) is 11.6. The van der Waals surface area contributed by atoms with Crippen molar-refractivity contribution in [2.24, 2.45) is 0 Å². The van der Waals surface area contributed by atoms with Crippen molar-refractivity contribution >= 4 is 39.8 Å². The maximum absolute atomic E-state index is 13.1. The largest absolute Gasteiger partial charge is 0.345 e. The van der Waals surface area contributed by atoms with Crippen LogP contribution in [0.2, 0.25) is 5.02 Å². The Bertz CT molecular complexity index is 659. The monoisotopic (exact) mass is 340 g/mol. The summed E-state index contributed by atoms with van der Waals surface area (Å²) in [6.45, 7) is 2.71. The lowest BCUT2D eigenvalue weighted by atomic mass is 10.3. The molecule has 0 aliphatic carbocycles. The molecule has 1 aliphatic heterocycles. The summed E-state index contributed by atoms with van der Waals surface area (Å²) in [5.74, 6) is -0.503. The van der Waals surface area contributed by atoms with Gasteiger partial charge in [-0.1, -0.05) is 11.6 Å². The zero-order valence-corrected chi connectivity index (χ0v) is 13.2. The predicted octanol–water partition coefficient (Wildman–Crippen LogP) is 3.29. The van der Waals surface area contributed by atoms with Crippen molar-refractivity contribution in [3.05, 3.63) is 40.6 Å². The van der Waals surface area contributed by atoms with Gasteiger partial charge in [0, 0.05) is 43.4 Å². The number of rotatable bonds is 2. The topological polar surface area (TPSA) is 48.5 Å². The van der Waals surface area contributed by atoms with Gasteiger partial charge in [0.1, 0.15) is 5.82 Å². The number of amides is 2. The van der Waals surface area contributed by atoms with Crippen LogP contribution in [-0.4, -0.2) is 42.1 Å². The van der Waals surface area contributed by atoms with Crippen molar-refractivity contribution in [3.63, 3.8) is 0 Å². The fourth-order valence-corrected chi connectivity index (χ4v) is 3.13. The average molecular weight is 341 g/mol. The van der Waals surface area contributed by atoms with Gasteiger partial charge < -0.3 is 15.1 Å². The van der Waals surface area contributed by atoms with Gasteiger partial charge in [0.05, 0.1) is 5.02 Å². The first-order chi connectivity index (χ1) is 10.6. The van der Waals surface area contributed by atoms with E-state index in [1.54, 1.807) is 22.4 Å². The molecular formula is C14H14ClFN4OS. The highest BCUT2D eigenvalue weighted by Crippen LogP contribution is 2.21. The number of urea groups is 1. The highest BCUT2D eigenvalue weighted by Gasteiger charge is 2.22. The average Bonchev–Trinajstić information content (AvgIpc) is 3.05. The molecular weight excluding hydrogens is 327 g/mol. The number of carbonyl (C=O) groups excluding carboxylic acids is 1. The van der Waals surface area contributed by atoms with Gasteiger partial charge in [-0.25, -0.2) is 14.2 Å². The quantitative estimate of drug-likeness (QED) is 0.912. The number of hydrogen-bond acceptors (Lipinski definition) is 4. The number of benzene rings is 1. The van der Waals surface area contributed by atoms with E-state index >= 15 is 0 Å². The number of aromatic nitrogens is 1. The normalized spacial score (nSPS) is 15.0. The van der Waals surface area contributed by atoms with E-state index in [2.05, 4.69) is 15.2 Å². The summed E-state index contributed by atoms with van der Waals surface area (Å²) in [5, 5.41) is 5.64. The van der Waals surface area contributed by atoms with Gasteiger partial charge in [0.15, 0.2) is 5.13 Å². The molecule has 22 heavy (non-hydrogen) atoms. The van der Waals surface area contributed by atoms with Gasteiger partial charge >= 0.3 is 6.03 Å². The van der Waals surface area contributed by atoms with E-state index in [0.29, 0.717) is 18.8 Å². The van der Waals surface area contributed by atoms with E-state index in [1.165, 1.54) is 18.2 Å². The molecule has 1 fully saturated rings. The standard InChI is InChI=1S/C14H14ClFN4OS/c15-11-9-10(1-2-12(11)16)18-13(21)19-4-6-20(7-5-19)14-17-3-8-22-14/h1-3,8-9H,4-7H2,(H,18,21). The summed E-state index contributed by atoms with van der Waals surface area (Å²) in [6, 6.07) is 3.92. The number of halogens is 2. The molecule has 5 nitrogen and oxygen atoms in total. The zero-order chi connectivity index (χ0) is 15.5. The third kappa shape index (κ3) is 3.31. The molecule has 0 spiro atoms. The highest BCUT2D eigenvalue weighted by atomic mass is 35.5. The van der Waals surface area contributed by atoms with Crippen molar-refractivity contribution in [1.29, 1.82) is 0 Å². The van der Waals surface area contributed by atoms with Gasteiger partial charge in [0.2, 0.25) is 0 Å². The van der Waals surface area contributed by atoms with E-state index in [1.807, 2.05) is 5.38 Å². The molecule has 0 bridgehead atoms. The van der Waals surface area contributed by atoms with Gasteiger partial charge in [-0.3, -0.25) is 0 Å². The minimum Gasteiger partial charge on any atom is -0.345 e. The molecule has 3 rings (SSSR count). The fraction of sp³-hybridized carbons (Fsp3) is 0.286. The summed E-state index contributed by atoms with van der Waals surface area (Å²) in [6.07, 6.45) is 1.78. The van der Waals surface area contributed by atoms with Crippen LogP contribution in [0.15, 0.2) is 29.8 Å². The Morgan fingerprint density at radius 2 is 2.09 bits per heavy atom. The van der Waals surface area contributed by atoms with Crippen molar-refractivity contribution in [1.82, 2.24) is 9.88 Å². The second kappa shape index (κ2) is 6.50. The SMILES string of the molecule is O=C(Nc1ccc(F)c(Cl)c1)N1CCN(c2nccs2)CC1. The summed E-state index contributed by atoms with van der Waals surface area (Å²) < 4.78 is 13.1. The third-order valence-corrected chi connectivity index (χ3v) is 4.55. The van der Waals surface area contributed by atoms with Crippen LogP contribution in [-0.2, 0) is 0 Å². The maximum atomic E-state index is 13.1. The molecule has 2 heterocycles. The van der Waals surface area contributed by atoms with Gasteiger partial charge in [-0.15, -0.1) is 11.3 Å². The smallest absolute Gasteiger partial charge is 0.321 e. The minimum atomic E-state index is -0.503. The molecule has 0 radical (unpaired) electrons. The number of piperazine rings is 1. The van der Waals surface area contributed by atoms with Gasteiger partial charge in [0.25, 0.3) is 0 Å². The minimum absolute atomic E-state index is 0.00797. The molecule has 1 N–H and O–H groups in total. The van der Waals surface area contributed by atoms with Crippen molar-refractivity contribution in [2.75, 3.05) is 36.4 Å². The lowest BCUT2D eigenvalue weighted by Crippen LogP contribution is -2.50. The van der Waals surface area contributed by atoms with Crippen LogP contribution in [0.5, 0.6) is 0 Å². The summed E-state index contributed by atoms with van der Waals surface area (Å²) in [5.41, 5.74) is 0.485. The van der Waals surface area contributed by atoms with Crippen LogP contribution in [0.3, 0.4) is 0 Å². The maximum Gasteiger partial charge on any atom is 0.321 e. The van der Waals surface area contributed by atoms with Gasteiger partial charge in [-0.05, 0) is 18.2 Å². The molecule has 116 valence electrons. The van der Waals surface area contributed by atoms with Crippen LogP contribution >= 0.6 is 22.9 Å². The van der Waals surface area contributed by atoms with Crippen LogP contribution in [0.4, 0.5) is 20.0 Å². The van der Waals surface area contributed by atoms with Crippen LogP contribution in [0.25, 0.3) is 0 Å². The molecule has 0 atom stereocenters. The van der Waals surface area contributed by atoms with E-state index in [9.17, 15) is 9.18 Å². The lowest BCUT2D eigenvalue weighted by Gasteiger charge is -2.34. The van der Waals surface area contributed by atoms with E-state index in [0.717, 1.165) is 18.2 Å². The molecule has 1 aromatic heterocycles. The number of anilines is 2. The molecule has 0 saturated carbocycles.